The van der Waals surface area contributed by atoms with Crippen LogP contribution < -0.4 is 20.1 Å². The first kappa shape index (κ1) is 20.5. The minimum Gasteiger partial charge on any atom is -0.497 e. The van der Waals surface area contributed by atoms with Crippen LogP contribution in [0.25, 0.3) is 0 Å². The van der Waals surface area contributed by atoms with Crippen LogP contribution in [0.15, 0.2) is 54.0 Å². The summed E-state index contributed by atoms with van der Waals surface area (Å²) in [5, 5.41) is 10.6. The number of aromatic nitrogens is 3. The maximum absolute atomic E-state index is 13.5. The van der Waals surface area contributed by atoms with Gasteiger partial charge in [-0.2, -0.15) is 10.1 Å². The van der Waals surface area contributed by atoms with E-state index in [1.165, 1.54) is 6.33 Å². The summed E-state index contributed by atoms with van der Waals surface area (Å²) in [4.78, 5) is 17.8. The number of ether oxygens (including phenoxy) is 2. The van der Waals surface area contributed by atoms with Gasteiger partial charge in [0.15, 0.2) is 0 Å². The highest BCUT2D eigenvalue weighted by atomic mass is 16.5. The number of anilines is 2. The minimum atomic E-state index is -0.523. The molecule has 0 fully saturated rings. The van der Waals surface area contributed by atoms with Crippen LogP contribution in [0, 0.1) is 13.8 Å². The summed E-state index contributed by atoms with van der Waals surface area (Å²) in [6.45, 7) is 5.86. The van der Waals surface area contributed by atoms with Crippen molar-refractivity contribution >= 4 is 17.5 Å². The molecular weight excluding hydrogens is 394 g/mol. The number of aryl methyl sites for hydroxylation is 2. The number of nitrogens with one attached hydrogen (secondary N) is 2. The lowest BCUT2D eigenvalue weighted by atomic mass is 9.94. The Morgan fingerprint density at radius 2 is 1.90 bits per heavy atom. The highest BCUT2D eigenvalue weighted by molar-refractivity contribution is 6.06. The van der Waals surface area contributed by atoms with Crippen molar-refractivity contribution in [3.8, 4) is 11.5 Å². The van der Waals surface area contributed by atoms with Crippen LogP contribution in [0.3, 0.4) is 0 Å². The monoisotopic (exact) mass is 419 g/mol. The number of rotatable bonds is 5. The van der Waals surface area contributed by atoms with E-state index in [2.05, 4.69) is 20.7 Å². The minimum absolute atomic E-state index is 0.221. The molecule has 1 aliphatic heterocycles. The zero-order valence-corrected chi connectivity index (χ0v) is 18.2. The molecule has 0 radical (unpaired) electrons. The van der Waals surface area contributed by atoms with Crippen molar-refractivity contribution in [2.24, 2.45) is 0 Å². The van der Waals surface area contributed by atoms with Gasteiger partial charge in [0, 0.05) is 23.0 Å². The number of fused-ring (bicyclic) bond motifs is 1. The maximum atomic E-state index is 13.5. The molecule has 1 amide bonds. The fourth-order valence-corrected chi connectivity index (χ4v) is 3.86. The van der Waals surface area contributed by atoms with Crippen LogP contribution in [-0.4, -0.2) is 34.9 Å². The molecular formula is C23H25N5O3. The summed E-state index contributed by atoms with van der Waals surface area (Å²) in [7, 11) is 3.19. The van der Waals surface area contributed by atoms with Gasteiger partial charge in [-0.15, -0.1) is 0 Å². The van der Waals surface area contributed by atoms with E-state index < -0.39 is 6.04 Å². The van der Waals surface area contributed by atoms with Crippen LogP contribution in [0.4, 0.5) is 11.6 Å². The largest absolute Gasteiger partial charge is 0.497 e. The number of amides is 1. The van der Waals surface area contributed by atoms with Gasteiger partial charge in [-0.3, -0.25) is 4.79 Å². The fraction of sp³-hybridized carbons (Fsp3) is 0.261. The molecule has 0 spiro atoms. The molecule has 31 heavy (non-hydrogen) atoms. The second kappa shape index (κ2) is 8.14. The first-order valence-corrected chi connectivity index (χ1v) is 9.90. The number of hydrogen-bond acceptors (Lipinski definition) is 6. The molecule has 0 saturated carbocycles. The number of carbonyl (C=O) groups excluding carboxylic acids is 1. The number of hydrogen-bond donors (Lipinski definition) is 2. The first-order chi connectivity index (χ1) is 14.9. The van der Waals surface area contributed by atoms with Crippen molar-refractivity contribution in [3.05, 3.63) is 70.7 Å². The molecule has 2 aromatic carbocycles. The van der Waals surface area contributed by atoms with E-state index in [-0.39, 0.29) is 5.91 Å². The standard InChI is InChI=1S/C23H25N5O3/c1-13-6-9-18(14(2)10-13)27-22(29)20-15(3)26-23-24-12-25-28(23)21(20)17-8-7-16(30-4)11-19(17)31-5/h6-12,21H,1-5H3,(H,27,29)(H,24,25,26)/t21-/m1/s1. The lowest BCUT2D eigenvalue weighted by molar-refractivity contribution is -0.113. The molecule has 2 heterocycles. The normalized spacial score (nSPS) is 15.2. The number of allylic oxidation sites excluding steroid dienone is 1. The molecule has 8 heteroatoms. The molecule has 1 aliphatic rings. The van der Waals surface area contributed by atoms with E-state index in [1.807, 2.05) is 51.1 Å². The molecule has 2 N–H and O–H groups in total. The van der Waals surface area contributed by atoms with Crippen molar-refractivity contribution in [2.45, 2.75) is 26.8 Å². The summed E-state index contributed by atoms with van der Waals surface area (Å²) < 4.78 is 12.7. The lowest BCUT2D eigenvalue weighted by Crippen LogP contribution is -2.31. The molecule has 0 saturated heterocycles. The van der Waals surface area contributed by atoms with Crippen LogP contribution >= 0.6 is 0 Å². The molecule has 1 aromatic heterocycles. The van der Waals surface area contributed by atoms with Gasteiger partial charge in [0.2, 0.25) is 5.95 Å². The Kier molecular flexibility index (Phi) is 5.37. The van der Waals surface area contributed by atoms with Gasteiger partial charge in [-0.1, -0.05) is 17.7 Å². The Hall–Kier alpha value is -3.81. The van der Waals surface area contributed by atoms with Crippen LogP contribution in [0.2, 0.25) is 0 Å². The third kappa shape index (κ3) is 3.72. The molecule has 4 rings (SSSR count). The smallest absolute Gasteiger partial charge is 0.255 e. The van der Waals surface area contributed by atoms with E-state index in [0.717, 1.165) is 22.4 Å². The van der Waals surface area contributed by atoms with Crippen LogP contribution in [-0.2, 0) is 4.79 Å². The zero-order valence-electron chi connectivity index (χ0n) is 18.2. The predicted molar refractivity (Wildman–Crippen MR) is 119 cm³/mol. The molecule has 3 aromatic rings. The first-order valence-electron chi connectivity index (χ1n) is 9.90. The van der Waals surface area contributed by atoms with Crippen LogP contribution in [0.5, 0.6) is 11.5 Å². The fourth-order valence-electron chi connectivity index (χ4n) is 3.86. The average Bonchev–Trinajstić information content (AvgIpc) is 3.22. The lowest BCUT2D eigenvalue weighted by Gasteiger charge is -2.29. The van der Waals surface area contributed by atoms with E-state index in [9.17, 15) is 4.79 Å². The van der Waals surface area contributed by atoms with E-state index in [1.54, 1.807) is 25.0 Å². The number of carbonyl (C=O) groups is 1. The summed E-state index contributed by atoms with van der Waals surface area (Å²) in [5.41, 5.74) is 4.91. The zero-order chi connectivity index (χ0) is 22.1. The van der Waals surface area contributed by atoms with Gasteiger partial charge in [0.05, 0.1) is 19.8 Å². The van der Waals surface area contributed by atoms with Crippen LogP contribution in [0.1, 0.15) is 29.7 Å². The average molecular weight is 419 g/mol. The third-order valence-corrected chi connectivity index (χ3v) is 5.40. The van der Waals surface area contributed by atoms with Gasteiger partial charge in [0.1, 0.15) is 23.9 Å². The van der Waals surface area contributed by atoms with Crippen molar-refractivity contribution < 1.29 is 14.3 Å². The molecule has 0 aliphatic carbocycles. The van der Waals surface area contributed by atoms with E-state index in [4.69, 9.17) is 9.47 Å². The number of methoxy groups -OCH3 is 2. The molecule has 160 valence electrons. The quantitative estimate of drug-likeness (QED) is 0.653. The second-order valence-corrected chi connectivity index (χ2v) is 7.47. The topological polar surface area (TPSA) is 90.3 Å². The molecule has 1 atom stereocenters. The van der Waals surface area contributed by atoms with Gasteiger partial charge in [0.25, 0.3) is 5.91 Å². The Morgan fingerprint density at radius 1 is 1.10 bits per heavy atom. The SMILES string of the molecule is COc1ccc([C@@H]2C(C(=O)Nc3ccc(C)cc3C)=C(C)Nc3ncnn32)c(OC)c1. The Morgan fingerprint density at radius 3 is 2.61 bits per heavy atom. The van der Waals surface area contributed by atoms with Crippen molar-refractivity contribution in [3.63, 3.8) is 0 Å². The van der Waals surface area contributed by atoms with E-state index >= 15 is 0 Å². The highest BCUT2D eigenvalue weighted by Gasteiger charge is 2.35. The molecule has 0 unspecified atom stereocenters. The van der Waals surface area contributed by atoms with Crippen molar-refractivity contribution in [1.29, 1.82) is 0 Å². The number of nitrogens with zero attached hydrogens (tertiary/aromatic N) is 3. The summed E-state index contributed by atoms with van der Waals surface area (Å²) >= 11 is 0. The highest BCUT2D eigenvalue weighted by Crippen LogP contribution is 2.40. The summed E-state index contributed by atoms with van der Waals surface area (Å²) in [6, 6.07) is 10.9. The molecule has 8 nitrogen and oxygen atoms in total. The van der Waals surface area contributed by atoms with E-state index in [0.29, 0.717) is 28.7 Å². The third-order valence-electron chi connectivity index (χ3n) is 5.40. The second-order valence-electron chi connectivity index (χ2n) is 7.47. The van der Waals surface area contributed by atoms with Crippen molar-refractivity contribution in [1.82, 2.24) is 14.8 Å². The van der Waals surface area contributed by atoms with Gasteiger partial charge in [-0.25, -0.2) is 4.68 Å². The van der Waals surface area contributed by atoms with Gasteiger partial charge in [-0.05, 0) is 44.5 Å². The Bertz CT molecular complexity index is 1180. The van der Waals surface area contributed by atoms with Gasteiger partial charge >= 0.3 is 0 Å². The maximum Gasteiger partial charge on any atom is 0.255 e. The van der Waals surface area contributed by atoms with Crippen molar-refractivity contribution in [2.75, 3.05) is 24.9 Å². The predicted octanol–water partition coefficient (Wildman–Crippen LogP) is 3.84. The summed E-state index contributed by atoms with van der Waals surface area (Å²) in [5.74, 6) is 1.59. The number of benzene rings is 2. The van der Waals surface area contributed by atoms with Gasteiger partial charge < -0.3 is 20.1 Å². The summed E-state index contributed by atoms with van der Waals surface area (Å²) in [6.07, 6.45) is 1.46. The Labute approximate surface area is 180 Å². The molecule has 0 bridgehead atoms. The Balaban J connectivity index is 1.81.